The van der Waals surface area contributed by atoms with Crippen molar-refractivity contribution in [2.45, 2.75) is 38.5 Å². The number of nitrogens with zero attached hydrogens (tertiary/aromatic N) is 1. The van der Waals surface area contributed by atoms with Crippen LogP contribution in [0.4, 0.5) is 5.69 Å². The molecule has 0 fully saturated rings. The molecule has 29 heavy (non-hydrogen) atoms. The lowest BCUT2D eigenvalue weighted by atomic mass is 9.97. The predicted octanol–water partition coefficient (Wildman–Crippen LogP) is 4.84. The van der Waals surface area contributed by atoms with Crippen LogP contribution in [-0.2, 0) is 6.42 Å². The van der Waals surface area contributed by atoms with Gasteiger partial charge in [-0.1, -0.05) is 29.8 Å². The summed E-state index contributed by atoms with van der Waals surface area (Å²) in [5.74, 6) is -0.0609. The van der Waals surface area contributed by atoms with E-state index >= 15 is 0 Å². The Balaban J connectivity index is 1.27. The highest BCUT2D eigenvalue weighted by Gasteiger charge is 2.09. The fraction of sp³-hybridized carbons (Fsp3) is 0.333. The number of carbonyl (C=O) groups is 1. The number of aromatic nitrogens is 2. The molecule has 0 atom stereocenters. The predicted molar refractivity (Wildman–Crippen MR) is 118 cm³/mol. The number of hydrogen-bond acceptors (Lipinski definition) is 3. The second-order valence-corrected chi connectivity index (χ2v) is 7.61. The minimum Gasteiger partial charge on any atom is -0.383 e. The van der Waals surface area contributed by atoms with Crippen molar-refractivity contribution in [3.8, 4) is 0 Å². The van der Waals surface area contributed by atoms with Crippen molar-refractivity contribution < 1.29 is 4.79 Å². The molecule has 0 saturated heterocycles. The van der Waals surface area contributed by atoms with Gasteiger partial charge >= 0.3 is 0 Å². The van der Waals surface area contributed by atoms with Gasteiger partial charge in [0.1, 0.15) is 0 Å². The van der Waals surface area contributed by atoms with E-state index in [1.54, 1.807) is 12.4 Å². The summed E-state index contributed by atoms with van der Waals surface area (Å²) >= 11 is 0. The van der Waals surface area contributed by atoms with Crippen LogP contribution in [0.15, 0.2) is 60.6 Å². The minimum atomic E-state index is -0.0609. The van der Waals surface area contributed by atoms with E-state index in [4.69, 9.17) is 0 Å². The van der Waals surface area contributed by atoms with Gasteiger partial charge in [0, 0.05) is 42.6 Å². The van der Waals surface area contributed by atoms with Crippen LogP contribution in [-0.4, -0.2) is 29.0 Å². The zero-order valence-electron chi connectivity index (χ0n) is 16.7. The lowest BCUT2D eigenvalue weighted by Crippen LogP contribution is -2.25. The summed E-state index contributed by atoms with van der Waals surface area (Å²) in [6.45, 7) is 1.46. The smallest absolute Gasteiger partial charge is 0.252 e. The maximum atomic E-state index is 12.4. The van der Waals surface area contributed by atoms with E-state index in [-0.39, 0.29) is 5.91 Å². The first-order valence-electron chi connectivity index (χ1n) is 10.5. The van der Waals surface area contributed by atoms with Crippen LogP contribution >= 0.6 is 0 Å². The molecule has 3 N–H and O–H groups in total. The average Bonchev–Trinajstić information content (AvgIpc) is 3.18. The second-order valence-electron chi connectivity index (χ2n) is 7.61. The highest BCUT2D eigenvalue weighted by molar-refractivity contribution is 5.94. The number of benzene rings is 1. The van der Waals surface area contributed by atoms with E-state index in [1.165, 1.54) is 42.2 Å². The Morgan fingerprint density at radius 1 is 1.10 bits per heavy atom. The number of rotatable bonds is 8. The van der Waals surface area contributed by atoms with Gasteiger partial charge in [0.05, 0.1) is 11.3 Å². The van der Waals surface area contributed by atoms with E-state index in [9.17, 15) is 4.79 Å². The number of H-pyrrole nitrogens is 1. The summed E-state index contributed by atoms with van der Waals surface area (Å²) in [5, 5.41) is 7.66. The molecule has 150 valence electrons. The third-order valence-electron chi connectivity index (χ3n) is 5.52. The minimum absolute atomic E-state index is 0.0609. The third-order valence-corrected chi connectivity index (χ3v) is 5.52. The Labute approximate surface area is 171 Å². The molecule has 0 unspecified atom stereocenters. The van der Waals surface area contributed by atoms with Gasteiger partial charge in [0.15, 0.2) is 0 Å². The highest BCUT2D eigenvalue weighted by Crippen LogP contribution is 2.20. The maximum absolute atomic E-state index is 12.4. The average molecular weight is 389 g/mol. The largest absolute Gasteiger partial charge is 0.383 e. The number of fused-ring (bicyclic) bond motifs is 1. The summed E-state index contributed by atoms with van der Waals surface area (Å²) in [6, 6.07) is 10.2. The quantitative estimate of drug-likeness (QED) is 0.484. The van der Waals surface area contributed by atoms with Crippen molar-refractivity contribution in [3.63, 3.8) is 0 Å². The van der Waals surface area contributed by atoms with Crippen LogP contribution in [0.2, 0.25) is 0 Å². The highest BCUT2D eigenvalue weighted by atomic mass is 16.1. The van der Waals surface area contributed by atoms with E-state index in [0.29, 0.717) is 12.1 Å². The normalized spacial score (nSPS) is 13.9. The Kier molecular flexibility index (Phi) is 6.25. The van der Waals surface area contributed by atoms with Crippen molar-refractivity contribution in [2.24, 2.45) is 0 Å². The Morgan fingerprint density at radius 3 is 2.93 bits per heavy atom. The second kappa shape index (κ2) is 9.41. The van der Waals surface area contributed by atoms with E-state index in [1.807, 2.05) is 12.1 Å². The number of nitrogens with one attached hydrogen (secondary N) is 3. The number of amides is 1. The molecular formula is C24H28N4O. The first-order chi connectivity index (χ1) is 14.3. The molecule has 1 aliphatic carbocycles. The number of pyridine rings is 1. The summed E-state index contributed by atoms with van der Waals surface area (Å²) in [4.78, 5) is 20.0. The van der Waals surface area contributed by atoms with Crippen LogP contribution in [0.5, 0.6) is 0 Å². The van der Waals surface area contributed by atoms with E-state index < -0.39 is 0 Å². The SMILES string of the molecule is O=C(NCCC1=CCCCC1)c1cncc(NCCc2c[nH]c3ccccc23)c1. The monoisotopic (exact) mass is 388 g/mol. The fourth-order valence-corrected chi connectivity index (χ4v) is 3.91. The van der Waals surface area contributed by atoms with Crippen molar-refractivity contribution in [2.75, 3.05) is 18.4 Å². The lowest BCUT2D eigenvalue weighted by Gasteiger charge is -2.13. The number of anilines is 1. The van der Waals surface area contributed by atoms with Gasteiger partial charge in [-0.05, 0) is 56.2 Å². The zero-order chi connectivity index (χ0) is 19.9. The van der Waals surface area contributed by atoms with Crippen molar-refractivity contribution in [1.82, 2.24) is 15.3 Å². The maximum Gasteiger partial charge on any atom is 0.252 e. The van der Waals surface area contributed by atoms with Crippen LogP contribution in [0, 0.1) is 0 Å². The summed E-state index contributed by atoms with van der Waals surface area (Å²) in [5.41, 5.74) is 5.38. The molecule has 0 bridgehead atoms. The molecule has 5 heteroatoms. The van der Waals surface area contributed by atoms with Gasteiger partial charge in [0.2, 0.25) is 0 Å². The number of aromatic amines is 1. The van der Waals surface area contributed by atoms with Crippen LogP contribution in [0.1, 0.15) is 48.0 Å². The molecule has 0 aliphatic heterocycles. The Morgan fingerprint density at radius 2 is 2.03 bits per heavy atom. The van der Waals surface area contributed by atoms with Gasteiger partial charge in [-0.25, -0.2) is 0 Å². The summed E-state index contributed by atoms with van der Waals surface area (Å²) < 4.78 is 0. The summed E-state index contributed by atoms with van der Waals surface area (Å²) in [6.07, 6.45) is 14.5. The number of carbonyl (C=O) groups excluding carboxylic acids is 1. The molecule has 4 rings (SSSR count). The van der Waals surface area contributed by atoms with Crippen molar-refractivity contribution in [3.05, 3.63) is 71.7 Å². The molecule has 3 aromatic rings. The zero-order valence-corrected chi connectivity index (χ0v) is 16.7. The van der Waals surface area contributed by atoms with E-state index in [2.05, 4.69) is 51.1 Å². The molecular weight excluding hydrogens is 360 g/mol. The molecule has 5 nitrogen and oxygen atoms in total. The van der Waals surface area contributed by atoms with E-state index in [0.717, 1.165) is 30.6 Å². The topological polar surface area (TPSA) is 69.8 Å². The Hall–Kier alpha value is -3.08. The van der Waals surface area contributed by atoms with Gasteiger partial charge < -0.3 is 15.6 Å². The van der Waals surface area contributed by atoms with Gasteiger partial charge in [0.25, 0.3) is 5.91 Å². The molecule has 2 heterocycles. The molecule has 1 aromatic carbocycles. The molecule has 2 aromatic heterocycles. The van der Waals surface area contributed by atoms with Crippen molar-refractivity contribution in [1.29, 1.82) is 0 Å². The first-order valence-corrected chi connectivity index (χ1v) is 10.5. The number of para-hydroxylation sites is 1. The van der Waals surface area contributed by atoms with Crippen LogP contribution < -0.4 is 10.6 Å². The first kappa shape index (κ1) is 19.2. The third kappa shape index (κ3) is 5.05. The molecule has 1 aliphatic rings. The van der Waals surface area contributed by atoms with Gasteiger partial charge in [-0.2, -0.15) is 0 Å². The standard InChI is InChI=1S/C24H28N4O/c29-24(27-12-10-18-6-2-1-3-7-18)20-14-21(17-25-15-20)26-13-11-19-16-28-23-9-5-4-8-22(19)23/h4-6,8-9,14-17,26,28H,1-3,7,10-13H2,(H,27,29). The number of hydrogen-bond donors (Lipinski definition) is 3. The molecule has 0 radical (unpaired) electrons. The number of allylic oxidation sites excluding steroid dienone is 1. The molecule has 0 saturated carbocycles. The lowest BCUT2D eigenvalue weighted by molar-refractivity contribution is 0.0953. The van der Waals surface area contributed by atoms with Crippen LogP contribution in [0.3, 0.4) is 0 Å². The van der Waals surface area contributed by atoms with Crippen LogP contribution in [0.25, 0.3) is 10.9 Å². The van der Waals surface area contributed by atoms with Gasteiger partial charge in [-0.15, -0.1) is 0 Å². The fourth-order valence-electron chi connectivity index (χ4n) is 3.91. The summed E-state index contributed by atoms with van der Waals surface area (Å²) in [7, 11) is 0. The molecule has 0 spiro atoms. The molecule has 1 amide bonds. The van der Waals surface area contributed by atoms with Crippen molar-refractivity contribution >= 4 is 22.5 Å². The Bertz CT molecular complexity index is 1000. The van der Waals surface area contributed by atoms with Gasteiger partial charge in [-0.3, -0.25) is 9.78 Å².